The van der Waals surface area contributed by atoms with Gasteiger partial charge in [-0.05, 0) is 30.4 Å². The van der Waals surface area contributed by atoms with Gasteiger partial charge in [0.05, 0.1) is 12.3 Å². The average molecular weight is 296 g/mol. The molecule has 4 rings (SSSR count). The fraction of sp³-hybridized carbons (Fsp3) is 0.375. The number of nitrogens with zero attached hydrogens (tertiary/aromatic N) is 4. The number of hydrogen-bond donors (Lipinski definition) is 0. The van der Waals surface area contributed by atoms with E-state index < -0.39 is 0 Å². The van der Waals surface area contributed by atoms with E-state index in [9.17, 15) is 0 Å². The van der Waals surface area contributed by atoms with Gasteiger partial charge in [0.2, 0.25) is 11.8 Å². The summed E-state index contributed by atoms with van der Waals surface area (Å²) < 4.78 is 10.5. The molecule has 1 unspecified atom stereocenters. The lowest BCUT2D eigenvalue weighted by atomic mass is 9.83. The van der Waals surface area contributed by atoms with Gasteiger partial charge in [-0.3, -0.25) is 0 Å². The molecular weight excluding hydrogens is 280 g/mol. The molecule has 0 fully saturated rings. The number of benzene rings is 1. The summed E-state index contributed by atoms with van der Waals surface area (Å²) in [6.45, 7) is 1.76. The van der Waals surface area contributed by atoms with Crippen molar-refractivity contribution in [2.24, 2.45) is 0 Å². The first-order chi connectivity index (χ1) is 10.8. The van der Waals surface area contributed by atoms with E-state index in [1.807, 2.05) is 0 Å². The first-order valence-electron chi connectivity index (χ1n) is 7.49. The number of rotatable bonds is 3. The van der Waals surface area contributed by atoms with Crippen LogP contribution < -0.4 is 0 Å². The van der Waals surface area contributed by atoms with E-state index >= 15 is 0 Å². The lowest BCUT2D eigenvalue weighted by molar-refractivity contribution is 0.350. The highest BCUT2D eigenvalue weighted by molar-refractivity contribution is 5.35. The van der Waals surface area contributed by atoms with Gasteiger partial charge in [0, 0.05) is 6.92 Å². The maximum atomic E-state index is 5.49. The van der Waals surface area contributed by atoms with Crippen LogP contribution in [0, 0.1) is 6.92 Å². The minimum Gasteiger partial charge on any atom is -0.340 e. The standard InChI is InChI=1S/C16H16N4O2/c1-10-17-14(19-21-10)9-15-18-16(22-20-15)13-8-4-6-11-5-2-3-7-12(11)13/h2-3,5,7,13H,4,6,8-9H2,1H3. The third-order valence-electron chi connectivity index (χ3n) is 4.04. The van der Waals surface area contributed by atoms with Crippen molar-refractivity contribution in [3.63, 3.8) is 0 Å². The summed E-state index contributed by atoms with van der Waals surface area (Å²) in [5, 5.41) is 7.92. The van der Waals surface area contributed by atoms with Crippen LogP contribution in [0.1, 0.15) is 53.3 Å². The maximum absolute atomic E-state index is 5.49. The normalized spacial score (nSPS) is 17.4. The minimum atomic E-state index is 0.193. The molecule has 2 aromatic heterocycles. The second-order valence-electron chi connectivity index (χ2n) is 5.60. The van der Waals surface area contributed by atoms with Crippen LogP contribution in [-0.2, 0) is 12.8 Å². The summed E-state index contributed by atoms with van der Waals surface area (Å²) in [6.07, 6.45) is 3.73. The first kappa shape index (κ1) is 13.2. The van der Waals surface area contributed by atoms with Crippen molar-refractivity contribution in [3.05, 3.63) is 58.8 Å². The Morgan fingerprint density at radius 2 is 1.91 bits per heavy atom. The Bertz CT molecular complexity index is 793. The van der Waals surface area contributed by atoms with E-state index in [4.69, 9.17) is 9.05 Å². The minimum absolute atomic E-state index is 0.193. The largest absolute Gasteiger partial charge is 0.340 e. The molecule has 0 amide bonds. The summed E-state index contributed by atoms with van der Waals surface area (Å²) in [4.78, 5) is 8.70. The fourth-order valence-corrected chi connectivity index (χ4v) is 3.05. The number of aromatic nitrogens is 4. The number of hydrogen-bond acceptors (Lipinski definition) is 6. The Morgan fingerprint density at radius 1 is 1.09 bits per heavy atom. The summed E-state index contributed by atoms with van der Waals surface area (Å²) in [5.41, 5.74) is 2.69. The van der Waals surface area contributed by atoms with E-state index in [2.05, 4.69) is 44.5 Å². The molecule has 1 aromatic carbocycles. The number of aryl methyl sites for hydroxylation is 2. The van der Waals surface area contributed by atoms with Gasteiger partial charge in [0.15, 0.2) is 11.6 Å². The third kappa shape index (κ3) is 2.41. The molecule has 1 atom stereocenters. The highest BCUT2D eigenvalue weighted by Crippen LogP contribution is 2.35. The van der Waals surface area contributed by atoms with E-state index in [-0.39, 0.29) is 5.92 Å². The zero-order chi connectivity index (χ0) is 14.9. The van der Waals surface area contributed by atoms with Crippen LogP contribution in [0.25, 0.3) is 0 Å². The summed E-state index contributed by atoms with van der Waals surface area (Å²) >= 11 is 0. The summed E-state index contributed by atoms with van der Waals surface area (Å²) in [7, 11) is 0. The predicted molar refractivity (Wildman–Crippen MR) is 77.4 cm³/mol. The predicted octanol–water partition coefficient (Wildman–Crippen LogP) is 2.82. The molecule has 112 valence electrons. The Hall–Kier alpha value is -2.50. The molecule has 1 aliphatic carbocycles. The van der Waals surface area contributed by atoms with Crippen molar-refractivity contribution in [2.75, 3.05) is 0 Å². The van der Waals surface area contributed by atoms with E-state index in [0.29, 0.717) is 29.9 Å². The third-order valence-corrected chi connectivity index (χ3v) is 4.04. The Balaban J connectivity index is 1.59. The van der Waals surface area contributed by atoms with E-state index in [1.54, 1.807) is 6.92 Å². The number of fused-ring (bicyclic) bond motifs is 1. The lowest BCUT2D eigenvalue weighted by Crippen LogP contribution is -2.11. The zero-order valence-corrected chi connectivity index (χ0v) is 12.3. The highest BCUT2D eigenvalue weighted by Gasteiger charge is 2.26. The van der Waals surface area contributed by atoms with Crippen LogP contribution in [0.4, 0.5) is 0 Å². The van der Waals surface area contributed by atoms with Gasteiger partial charge >= 0.3 is 0 Å². The summed E-state index contributed by atoms with van der Waals surface area (Å²) in [6, 6.07) is 8.49. The van der Waals surface area contributed by atoms with Crippen molar-refractivity contribution in [3.8, 4) is 0 Å². The van der Waals surface area contributed by atoms with Crippen molar-refractivity contribution in [1.82, 2.24) is 20.3 Å². The average Bonchev–Trinajstić information content (AvgIpc) is 3.16. The molecule has 6 nitrogen and oxygen atoms in total. The zero-order valence-electron chi connectivity index (χ0n) is 12.3. The van der Waals surface area contributed by atoms with Gasteiger partial charge in [-0.15, -0.1) is 0 Å². The highest BCUT2D eigenvalue weighted by atomic mass is 16.5. The molecule has 1 aliphatic rings. The van der Waals surface area contributed by atoms with Crippen LogP contribution in [0.5, 0.6) is 0 Å². The van der Waals surface area contributed by atoms with Crippen LogP contribution in [-0.4, -0.2) is 20.3 Å². The molecule has 6 heteroatoms. The molecular formula is C16H16N4O2. The Kier molecular flexibility index (Phi) is 3.21. The van der Waals surface area contributed by atoms with Gasteiger partial charge in [-0.25, -0.2) is 0 Å². The summed E-state index contributed by atoms with van der Waals surface area (Å²) in [5.74, 6) is 2.59. The van der Waals surface area contributed by atoms with Crippen LogP contribution in [0.15, 0.2) is 33.3 Å². The molecule has 3 aromatic rings. The smallest absolute Gasteiger partial charge is 0.234 e. The van der Waals surface area contributed by atoms with Crippen molar-refractivity contribution < 1.29 is 9.05 Å². The fourth-order valence-electron chi connectivity index (χ4n) is 3.05. The van der Waals surface area contributed by atoms with Crippen LogP contribution in [0.3, 0.4) is 0 Å². The molecule has 0 radical (unpaired) electrons. The monoisotopic (exact) mass is 296 g/mol. The molecule has 0 spiro atoms. The van der Waals surface area contributed by atoms with E-state index in [0.717, 1.165) is 19.3 Å². The van der Waals surface area contributed by atoms with Gasteiger partial charge in [0.1, 0.15) is 0 Å². The van der Waals surface area contributed by atoms with Gasteiger partial charge in [-0.1, -0.05) is 34.6 Å². The van der Waals surface area contributed by atoms with Crippen molar-refractivity contribution in [2.45, 2.75) is 38.5 Å². The van der Waals surface area contributed by atoms with Gasteiger partial charge < -0.3 is 9.05 Å². The molecule has 0 N–H and O–H groups in total. The molecule has 22 heavy (non-hydrogen) atoms. The van der Waals surface area contributed by atoms with Crippen molar-refractivity contribution in [1.29, 1.82) is 0 Å². The molecule has 0 bridgehead atoms. The molecule has 2 heterocycles. The van der Waals surface area contributed by atoms with Gasteiger partial charge in [0.25, 0.3) is 0 Å². The molecule has 0 saturated heterocycles. The SMILES string of the molecule is Cc1nc(Cc2noc(C3CCCc4ccccc43)n2)no1. The first-order valence-corrected chi connectivity index (χ1v) is 7.49. The molecule has 0 aliphatic heterocycles. The molecule has 0 saturated carbocycles. The quantitative estimate of drug-likeness (QED) is 0.739. The second kappa shape index (κ2) is 5.36. The van der Waals surface area contributed by atoms with Gasteiger partial charge in [-0.2, -0.15) is 9.97 Å². The van der Waals surface area contributed by atoms with Crippen LogP contribution in [0.2, 0.25) is 0 Å². The van der Waals surface area contributed by atoms with E-state index in [1.165, 1.54) is 11.1 Å². The van der Waals surface area contributed by atoms with Crippen LogP contribution >= 0.6 is 0 Å². The lowest BCUT2D eigenvalue weighted by Gasteiger charge is -2.22. The Labute approximate surface area is 127 Å². The topological polar surface area (TPSA) is 77.8 Å². The maximum Gasteiger partial charge on any atom is 0.234 e. The Morgan fingerprint density at radius 3 is 2.77 bits per heavy atom. The van der Waals surface area contributed by atoms with Crippen molar-refractivity contribution >= 4 is 0 Å². The second-order valence-corrected chi connectivity index (χ2v) is 5.60.